The largest absolute Gasteiger partial charge is 0.472 e. The lowest BCUT2D eigenvalue weighted by Crippen LogP contribution is -2.38. The minimum absolute atomic E-state index is 0.171. The molecule has 0 radical (unpaired) electrons. The first kappa shape index (κ1) is 18.5. The van der Waals surface area contributed by atoms with Gasteiger partial charge in [0, 0.05) is 17.1 Å². The number of ether oxygens (including phenoxy) is 1. The van der Waals surface area contributed by atoms with E-state index < -0.39 is 26.6 Å². The van der Waals surface area contributed by atoms with Gasteiger partial charge in [-0.3, -0.25) is 0 Å². The maximum atomic E-state index is 12.9. The van der Waals surface area contributed by atoms with Crippen LogP contribution in [0.4, 0.5) is 0 Å². The molecule has 1 aliphatic carbocycles. The van der Waals surface area contributed by atoms with E-state index in [0.717, 1.165) is 0 Å². The van der Waals surface area contributed by atoms with Gasteiger partial charge >= 0.3 is 5.97 Å². The molecule has 1 aromatic carbocycles. The molecule has 2 atom stereocenters. The zero-order chi connectivity index (χ0) is 18.8. The SMILES string of the molecule is COC(=O)C1=CC=CC(Cl)(c2ccoc2)C1CS(=O)(=O)c1ccccc1. The molecule has 0 saturated heterocycles. The number of carbonyl (C=O) groups is 1. The average molecular weight is 393 g/mol. The molecule has 0 fully saturated rings. The van der Waals surface area contributed by atoms with Crippen LogP contribution >= 0.6 is 11.6 Å². The van der Waals surface area contributed by atoms with Gasteiger partial charge in [0.1, 0.15) is 0 Å². The predicted molar refractivity (Wildman–Crippen MR) is 97.5 cm³/mol. The maximum Gasteiger partial charge on any atom is 0.334 e. The Hall–Kier alpha value is -2.31. The summed E-state index contributed by atoms with van der Waals surface area (Å²) in [5.74, 6) is -1.81. The molecule has 1 heterocycles. The van der Waals surface area contributed by atoms with E-state index in [1.165, 1.54) is 37.8 Å². The molecule has 0 spiro atoms. The Labute approximate surface area is 156 Å². The van der Waals surface area contributed by atoms with Crippen LogP contribution in [0.25, 0.3) is 0 Å². The van der Waals surface area contributed by atoms with Gasteiger partial charge in [-0.15, -0.1) is 11.6 Å². The van der Waals surface area contributed by atoms with Crippen LogP contribution in [0.1, 0.15) is 5.56 Å². The normalized spacial score (nSPS) is 22.7. The van der Waals surface area contributed by atoms with E-state index in [-0.39, 0.29) is 16.2 Å². The number of esters is 1. The molecule has 3 rings (SSSR count). The highest BCUT2D eigenvalue weighted by Crippen LogP contribution is 2.46. The summed E-state index contributed by atoms with van der Waals surface area (Å²) >= 11 is 6.84. The molecule has 0 aliphatic heterocycles. The summed E-state index contributed by atoms with van der Waals surface area (Å²) in [5.41, 5.74) is 0.767. The minimum Gasteiger partial charge on any atom is -0.472 e. The molecule has 5 nitrogen and oxygen atoms in total. The van der Waals surface area contributed by atoms with Crippen molar-refractivity contribution in [1.82, 2.24) is 0 Å². The Bertz CT molecular complexity index is 945. The van der Waals surface area contributed by atoms with E-state index in [1.807, 2.05) is 0 Å². The second kappa shape index (κ2) is 7.13. The van der Waals surface area contributed by atoms with Crippen molar-refractivity contribution in [2.75, 3.05) is 12.9 Å². The number of rotatable bonds is 5. The minimum atomic E-state index is -3.69. The monoisotopic (exact) mass is 392 g/mol. The molecule has 0 bridgehead atoms. The quantitative estimate of drug-likeness (QED) is 0.575. The van der Waals surface area contributed by atoms with E-state index in [0.29, 0.717) is 5.56 Å². The fourth-order valence-corrected chi connectivity index (χ4v) is 5.13. The smallest absolute Gasteiger partial charge is 0.334 e. The van der Waals surface area contributed by atoms with Crippen LogP contribution in [0.15, 0.2) is 82.0 Å². The summed E-state index contributed by atoms with van der Waals surface area (Å²) < 4.78 is 35.8. The molecular weight excluding hydrogens is 376 g/mol. The highest BCUT2D eigenvalue weighted by atomic mass is 35.5. The van der Waals surface area contributed by atoms with Gasteiger partial charge in [0.15, 0.2) is 9.84 Å². The number of alkyl halides is 1. The second-order valence-corrected chi connectivity index (χ2v) is 8.56. The fourth-order valence-electron chi connectivity index (χ4n) is 3.01. The summed E-state index contributed by atoms with van der Waals surface area (Å²) in [6, 6.07) is 9.72. The summed E-state index contributed by atoms with van der Waals surface area (Å²) in [6.45, 7) is 0. The molecule has 7 heteroatoms. The second-order valence-electron chi connectivity index (χ2n) is 5.90. The van der Waals surface area contributed by atoms with Crippen molar-refractivity contribution in [3.63, 3.8) is 0 Å². The summed E-state index contributed by atoms with van der Waals surface area (Å²) in [4.78, 5) is 11.2. The van der Waals surface area contributed by atoms with Gasteiger partial charge in [-0.25, -0.2) is 13.2 Å². The van der Waals surface area contributed by atoms with E-state index >= 15 is 0 Å². The predicted octanol–water partition coefficient (Wildman–Crippen LogP) is 3.47. The van der Waals surface area contributed by atoms with Crippen LogP contribution in [0, 0.1) is 5.92 Å². The highest BCUT2D eigenvalue weighted by molar-refractivity contribution is 7.91. The fraction of sp³-hybridized carbons (Fsp3) is 0.211. The average Bonchev–Trinajstić information content (AvgIpc) is 3.19. The number of sulfone groups is 1. The van der Waals surface area contributed by atoms with Gasteiger partial charge in [-0.1, -0.05) is 36.4 Å². The number of hydrogen-bond donors (Lipinski definition) is 0. The lowest BCUT2D eigenvalue weighted by molar-refractivity contribution is -0.136. The summed E-state index contributed by atoms with van der Waals surface area (Å²) in [6.07, 6.45) is 7.72. The summed E-state index contributed by atoms with van der Waals surface area (Å²) in [7, 11) is -2.45. The van der Waals surface area contributed by atoms with Crippen molar-refractivity contribution in [3.05, 3.63) is 78.3 Å². The zero-order valence-electron chi connectivity index (χ0n) is 14.0. The van der Waals surface area contributed by atoms with Crippen molar-refractivity contribution in [2.24, 2.45) is 5.92 Å². The third-order valence-electron chi connectivity index (χ3n) is 4.37. The Kier molecular flexibility index (Phi) is 5.07. The Balaban J connectivity index is 2.07. The van der Waals surface area contributed by atoms with Gasteiger partial charge < -0.3 is 9.15 Å². The zero-order valence-corrected chi connectivity index (χ0v) is 15.5. The number of allylic oxidation sites excluding steroid dienone is 3. The van der Waals surface area contributed by atoms with Crippen LogP contribution < -0.4 is 0 Å². The van der Waals surface area contributed by atoms with Gasteiger partial charge in [-0.05, 0) is 18.2 Å². The molecule has 2 unspecified atom stereocenters. The Morgan fingerprint density at radius 1 is 1.27 bits per heavy atom. The number of furan rings is 1. The van der Waals surface area contributed by atoms with Gasteiger partial charge in [0.25, 0.3) is 0 Å². The number of hydrogen-bond acceptors (Lipinski definition) is 5. The van der Waals surface area contributed by atoms with Crippen LogP contribution in [-0.2, 0) is 24.2 Å². The van der Waals surface area contributed by atoms with Crippen molar-refractivity contribution < 1.29 is 22.4 Å². The van der Waals surface area contributed by atoms with E-state index in [2.05, 4.69) is 0 Å². The van der Waals surface area contributed by atoms with Crippen molar-refractivity contribution in [1.29, 1.82) is 0 Å². The molecule has 26 heavy (non-hydrogen) atoms. The van der Waals surface area contributed by atoms with E-state index in [1.54, 1.807) is 36.4 Å². The van der Waals surface area contributed by atoms with E-state index in [9.17, 15) is 13.2 Å². The highest BCUT2D eigenvalue weighted by Gasteiger charge is 2.45. The van der Waals surface area contributed by atoms with Crippen LogP contribution in [0.5, 0.6) is 0 Å². The molecule has 2 aromatic rings. The summed E-state index contributed by atoms with van der Waals surface area (Å²) in [5, 5.41) is 0. The number of carbonyl (C=O) groups excluding carboxylic acids is 1. The lowest BCUT2D eigenvalue weighted by atomic mass is 9.79. The van der Waals surface area contributed by atoms with Gasteiger partial charge in [0.2, 0.25) is 0 Å². The van der Waals surface area contributed by atoms with E-state index in [4.69, 9.17) is 20.8 Å². The molecule has 0 saturated carbocycles. The van der Waals surface area contributed by atoms with Crippen molar-refractivity contribution >= 4 is 27.4 Å². The first-order valence-electron chi connectivity index (χ1n) is 7.85. The third kappa shape index (κ3) is 3.34. The lowest BCUT2D eigenvalue weighted by Gasteiger charge is -2.35. The van der Waals surface area contributed by atoms with Crippen LogP contribution in [0.2, 0.25) is 0 Å². The molecule has 136 valence electrons. The topological polar surface area (TPSA) is 73.6 Å². The first-order valence-corrected chi connectivity index (χ1v) is 9.88. The Morgan fingerprint density at radius 3 is 2.62 bits per heavy atom. The number of halogens is 1. The van der Waals surface area contributed by atoms with Crippen LogP contribution in [-0.4, -0.2) is 27.2 Å². The Morgan fingerprint density at radius 2 is 2.00 bits per heavy atom. The molecule has 0 N–H and O–H groups in total. The maximum absolute atomic E-state index is 12.9. The number of benzene rings is 1. The molecule has 1 aliphatic rings. The standard InChI is InChI=1S/C19H17ClO5S/c1-24-18(21)16-8-5-10-19(20,14-9-11-25-12-14)17(16)13-26(22,23)15-6-3-2-4-7-15/h2-12,17H,13H2,1H3. The van der Waals surface area contributed by atoms with Crippen molar-refractivity contribution in [3.8, 4) is 0 Å². The molecular formula is C19H17ClO5S. The van der Waals surface area contributed by atoms with Gasteiger partial charge in [-0.2, -0.15) is 0 Å². The first-order chi connectivity index (χ1) is 12.4. The van der Waals surface area contributed by atoms with Gasteiger partial charge in [0.05, 0.1) is 35.2 Å². The van der Waals surface area contributed by atoms with Crippen LogP contribution in [0.3, 0.4) is 0 Å². The van der Waals surface area contributed by atoms with Crippen molar-refractivity contribution in [2.45, 2.75) is 9.77 Å². The molecule has 1 aromatic heterocycles. The molecule has 0 amide bonds. The number of methoxy groups -OCH3 is 1. The third-order valence-corrected chi connectivity index (χ3v) is 6.74.